The van der Waals surface area contributed by atoms with Gasteiger partial charge in [-0.2, -0.15) is 0 Å². The summed E-state index contributed by atoms with van der Waals surface area (Å²) in [5.74, 6) is 0.981. The van der Waals surface area contributed by atoms with Crippen molar-refractivity contribution in [1.82, 2.24) is 0 Å². The van der Waals surface area contributed by atoms with E-state index >= 15 is 0 Å². The summed E-state index contributed by atoms with van der Waals surface area (Å²) in [4.78, 5) is 12.5. The molecule has 1 aliphatic heterocycles. The van der Waals surface area contributed by atoms with Crippen molar-refractivity contribution in [2.75, 3.05) is 16.4 Å². The Morgan fingerprint density at radius 2 is 2.05 bits per heavy atom. The highest BCUT2D eigenvalue weighted by molar-refractivity contribution is 7.99. The molecule has 2 aromatic carbocycles. The Balaban J connectivity index is 1.84. The van der Waals surface area contributed by atoms with Crippen LogP contribution in [0.3, 0.4) is 0 Å². The van der Waals surface area contributed by atoms with Crippen LogP contribution in [0.1, 0.15) is 24.1 Å². The summed E-state index contributed by atoms with van der Waals surface area (Å²) in [6.07, 6.45) is 0. The second-order valence-corrected chi connectivity index (χ2v) is 6.32. The molecule has 3 nitrogen and oxygen atoms in total. The fourth-order valence-electron chi connectivity index (χ4n) is 2.53. The van der Waals surface area contributed by atoms with Crippen LogP contribution in [0.25, 0.3) is 0 Å². The lowest BCUT2D eigenvalue weighted by Gasteiger charge is -2.18. The van der Waals surface area contributed by atoms with E-state index < -0.39 is 0 Å². The quantitative estimate of drug-likeness (QED) is 0.891. The lowest BCUT2D eigenvalue weighted by molar-refractivity contribution is -0.114. The molecule has 1 amide bonds. The molecule has 1 unspecified atom stereocenters. The number of anilines is 2. The molecule has 1 atom stereocenters. The molecular weight excluding hydrogens is 280 g/mol. The summed E-state index contributed by atoms with van der Waals surface area (Å²) in [6, 6.07) is 14.8. The van der Waals surface area contributed by atoms with Gasteiger partial charge in [-0.25, -0.2) is 0 Å². The zero-order valence-electron chi connectivity index (χ0n) is 12.1. The molecule has 108 valence electrons. The summed E-state index contributed by atoms with van der Waals surface area (Å²) in [5.41, 5.74) is 4.43. The summed E-state index contributed by atoms with van der Waals surface area (Å²) < 4.78 is 0. The first-order valence-electron chi connectivity index (χ1n) is 7.00. The van der Waals surface area contributed by atoms with E-state index in [1.165, 1.54) is 22.9 Å². The minimum absolute atomic E-state index is 0.0495. The van der Waals surface area contributed by atoms with Crippen LogP contribution < -0.4 is 10.6 Å². The maximum atomic E-state index is 11.2. The monoisotopic (exact) mass is 298 g/mol. The Kier molecular flexibility index (Phi) is 3.88. The summed E-state index contributed by atoms with van der Waals surface area (Å²) in [5, 5.41) is 6.44. The van der Waals surface area contributed by atoms with E-state index in [1.54, 1.807) is 0 Å². The Labute approximate surface area is 129 Å². The van der Waals surface area contributed by atoms with Crippen LogP contribution in [0.2, 0.25) is 0 Å². The van der Waals surface area contributed by atoms with Crippen molar-refractivity contribution in [1.29, 1.82) is 0 Å². The molecule has 0 saturated carbocycles. The normalized spacial score (nSPS) is 16.4. The molecule has 1 aliphatic rings. The van der Waals surface area contributed by atoms with E-state index in [4.69, 9.17) is 0 Å². The topological polar surface area (TPSA) is 41.1 Å². The van der Waals surface area contributed by atoms with E-state index in [9.17, 15) is 4.79 Å². The van der Waals surface area contributed by atoms with Crippen molar-refractivity contribution in [3.05, 3.63) is 53.6 Å². The lowest BCUT2D eigenvalue weighted by Crippen LogP contribution is -2.12. The number of hydrogen-bond acceptors (Lipinski definition) is 3. The third-order valence-electron chi connectivity index (χ3n) is 3.59. The van der Waals surface area contributed by atoms with Crippen LogP contribution in [0, 0.1) is 6.92 Å². The standard InChI is InChI=1S/C17H18N2OS/c1-11-7-8-13(18-12(2)20)9-15(11)19-16-10-21-17-6-4-3-5-14(16)17/h3-9,16,19H,10H2,1-2H3,(H,18,20). The minimum atomic E-state index is -0.0495. The van der Waals surface area contributed by atoms with Gasteiger partial charge in [-0.05, 0) is 36.2 Å². The van der Waals surface area contributed by atoms with Gasteiger partial charge in [-0.1, -0.05) is 24.3 Å². The smallest absolute Gasteiger partial charge is 0.221 e. The average Bonchev–Trinajstić information content (AvgIpc) is 2.85. The van der Waals surface area contributed by atoms with Gasteiger partial charge < -0.3 is 10.6 Å². The van der Waals surface area contributed by atoms with Crippen LogP contribution in [0.5, 0.6) is 0 Å². The van der Waals surface area contributed by atoms with Crippen molar-refractivity contribution in [3.8, 4) is 0 Å². The first-order chi connectivity index (χ1) is 10.1. The van der Waals surface area contributed by atoms with Crippen LogP contribution in [0.15, 0.2) is 47.4 Å². The van der Waals surface area contributed by atoms with Crippen molar-refractivity contribution in [2.45, 2.75) is 24.8 Å². The van der Waals surface area contributed by atoms with Gasteiger partial charge in [0.15, 0.2) is 0 Å². The Morgan fingerprint density at radius 1 is 1.24 bits per heavy atom. The first kappa shape index (κ1) is 14.0. The Morgan fingerprint density at radius 3 is 2.86 bits per heavy atom. The number of amides is 1. The van der Waals surface area contributed by atoms with Gasteiger partial charge >= 0.3 is 0 Å². The number of carbonyl (C=O) groups excluding carboxylic acids is 1. The molecule has 0 spiro atoms. The number of aryl methyl sites for hydroxylation is 1. The van der Waals surface area contributed by atoms with Gasteiger partial charge in [0.25, 0.3) is 0 Å². The van der Waals surface area contributed by atoms with Crippen LogP contribution >= 0.6 is 11.8 Å². The van der Waals surface area contributed by atoms with E-state index in [1.807, 2.05) is 30.0 Å². The summed E-state index contributed by atoms with van der Waals surface area (Å²) in [7, 11) is 0. The Hall–Kier alpha value is -1.94. The molecule has 0 fully saturated rings. The second-order valence-electron chi connectivity index (χ2n) is 5.26. The number of benzene rings is 2. The van der Waals surface area contributed by atoms with Crippen molar-refractivity contribution < 1.29 is 4.79 Å². The number of hydrogen-bond donors (Lipinski definition) is 2. The predicted octanol–water partition coefficient (Wildman–Crippen LogP) is 4.21. The molecule has 3 rings (SSSR count). The molecule has 21 heavy (non-hydrogen) atoms. The van der Waals surface area contributed by atoms with Gasteiger partial charge in [-0.15, -0.1) is 11.8 Å². The molecule has 2 aromatic rings. The van der Waals surface area contributed by atoms with E-state index in [0.717, 1.165) is 17.1 Å². The van der Waals surface area contributed by atoms with Crippen molar-refractivity contribution in [3.63, 3.8) is 0 Å². The molecular formula is C17H18N2OS. The second kappa shape index (κ2) is 5.82. The summed E-state index contributed by atoms with van der Waals surface area (Å²) >= 11 is 1.88. The number of thioether (sulfide) groups is 1. The van der Waals surface area contributed by atoms with E-state index in [0.29, 0.717) is 6.04 Å². The van der Waals surface area contributed by atoms with Gasteiger partial charge in [0, 0.05) is 28.9 Å². The predicted molar refractivity (Wildman–Crippen MR) is 89.0 cm³/mol. The number of carbonyl (C=O) groups is 1. The van der Waals surface area contributed by atoms with Crippen LogP contribution in [-0.2, 0) is 4.79 Å². The maximum Gasteiger partial charge on any atom is 0.221 e. The van der Waals surface area contributed by atoms with Crippen LogP contribution in [-0.4, -0.2) is 11.7 Å². The fraction of sp³-hybridized carbons (Fsp3) is 0.235. The molecule has 0 bridgehead atoms. The molecule has 0 aliphatic carbocycles. The fourth-order valence-corrected chi connectivity index (χ4v) is 3.69. The number of rotatable bonds is 3. The van der Waals surface area contributed by atoms with Gasteiger partial charge in [0.2, 0.25) is 5.91 Å². The zero-order valence-corrected chi connectivity index (χ0v) is 13.0. The highest BCUT2D eigenvalue weighted by atomic mass is 32.2. The molecule has 2 N–H and O–H groups in total. The van der Waals surface area contributed by atoms with Gasteiger partial charge in [0.1, 0.15) is 0 Å². The molecule has 0 saturated heterocycles. The molecule has 0 aromatic heterocycles. The molecule has 4 heteroatoms. The largest absolute Gasteiger partial charge is 0.377 e. The van der Waals surface area contributed by atoms with E-state index in [2.05, 4.69) is 41.8 Å². The Bertz CT molecular complexity index is 684. The zero-order chi connectivity index (χ0) is 14.8. The van der Waals surface area contributed by atoms with Crippen LogP contribution in [0.4, 0.5) is 11.4 Å². The highest BCUT2D eigenvalue weighted by Gasteiger charge is 2.22. The summed E-state index contributed by atoms with van der Waals surface area (Å²) in [6.45, 7) is 3.60. The van der Waals surface area contributed by atoms with E-state index in [-0.39, 0.29) is 5.91 Å². The van der Waals surface area contributed by atoms with Gasteiger partial charge in [0.05, 0.1) is 6.04 Å². The maximum absolute atomic E-state index is 11.2. The van der Waals surface area contributed by atoms with Crippen molar-refractivity contribution >= 4 is 29.0 Å². The first-order valence-corrected chi connectivity index (χ1v) is 7.98. The van der Waals surface area contributed by atoms with Gasteiger partial charge in [-0.3, -0.25) is 4.79 Å². The number of fused-ring (bicyclic) bond motifs is 1. The SMILES string of the molecule is CC(=O)Nc1ccc(C)c(NC2CSc3ccccc32)c1. The molecule has 0 radical (unpaired) electrons. The average molecular weight is 298 g/mol. The third kappa shape index (κ3) is 3.05. The molecule has 1 heterocycles. The highest BCUT2D eigenvalue weighted by Crippen LogP contribution is 2.40. The third-order valence-corrected chi connectivity index (χ3v) is 4.77. The number of nitrogens with one attached hydrogen (secondary N) is 2. The minimum Gasteiger partial charge on any atom is -0.377 e. The van der Waals surface area contributed by atoms with Crippen molar-refractivity contribution in [2.24, 2.45) is 0 Å². The lowest BCUT2D eigenvalue weighted by atomic mass is 10.1.